The van der Waals surface area contributed by atoms with Gasteiger partial charge in [-0.15, -0.1) is 0 Å². The molecule has 1 N–H and O–H groups in total. The Kier molecular flexibility index (Phi) is 6.64. The number of amides is 1. The zero-order valence-corrected chi connectivity index (χ0v) is 15.5. The van der Waals surface area contributed by atoms with E-state index in [0.717, 1.165) is 43.1 Å². The highest BCUT2D eigenvalue weighted by atomic mass is 35.5. The fourth-order valence-electron chi connectivity index (χ4n) is 3.39. The number of hydrogen-bond donors (Lipinski definition) is 1. The van der Waals surface area contributed by atoms with Gasteiger partial charge < -0.3 is 5.32 Å². The molecule has 1 heterocycles. The fourth-order valence-corrected chi connectivity index (χ4v) is 3.58. The smallest absolute Gasteiger partial charge is 0.223 e. The third-order valence-corrected chi connectivity index (χ3v) is 5.33. The molecule has 0 saturated carbocycles. The lowest BCUT2D eigenvalue weighted by Gasteiger charge is -2.31. The van der Waals surface area contributed by atoms with Gasteiger partial charge in [0.2, 0.25) is 5.91 Å². The van der Waals surface area contributed by atoms with E-state index in [0.29, 0.717) is 18.5 Å². The van der Waals surface area contributed by atoms with Crippen molar-refractivity contribution in [1.82, 2.24) is 10.2 Å². The van der Waals surface area contributed by atoms with Crippen LogP contribution in [-0.2, 0) is 17.8 Å². The van der Waals surface area contributed by atoms with E-state index >= 15 is 0 Å². The molecule has 0 unspecified atom stereocenters. The summed E-state index contributed by atoms with van der Waals surface area (Å²) in [5, 5.41) is 3.75. The maximum Gasteiger partial charge on any atom is 0.223 e. The molecule has 138 valence electrons. The van der Waals surface area contributed by atoms with Crippen LogP contribution in [0.4, 0.5) is 4.39 Å². The molecule has 3 rings (SSSR count). The third-order valence-electron chi connectivity index (χ3n) is 4.96. The average molecular weight is 375 g/mol. The lowest BCUT2D eigenvalue weighted by atomic mass is 9.95. The van der Waals surface area contributed by atoms with Crippen LogP contribution in [0.1, 0.15) is 24.0 Å². The second-order valence-electron chi connectivity index (χ2n) is 6.77. The monoisotopic (exact) mass is 374 g/mol. The molecular formula is C21H24ClFN2O. The van der Waals surface area contributed by atoms with Gasteiger partial charge in [-0.25, -0.2) is 4.39 Å². The Morgan fingerprint density at radius 2 is 1.73 bits per heavy atom. The molecule has 0 spiro atoms. The highest BCUT2D eigenvalue weighted by Gasteiger charge is 2.25. The second-order valence-corrected chi connectivity index (χ2v) is 7.18. The maximum absolute atomic E-state index is 13.6. The number of hydrogen-bond acceptors (Lipinski definition) is 2. The van der Waals surface area contributed by atoms with E-state index in [1.807, 2.05) is 30.3 Å². The number of carbonyl (C=O) groups is 1. The molecule has 1 fully saturated rings. The highest BCUT2D eigenvalue weighted by molar-refractivity contribution is 6.31. The molecule has 1 saturated heterocycles. The van der Waals surface area contributed by atoms with Gasteiger partial charge >= 0.3 is 0 Å². The zero-order valence-electron chi connectivity index (χ0n) is 14.8. The molecule has 0 aromatic heterocycles. The second kappa shape index (κ2) is 9.15. The predicted molar refractivity (Wildman–Crippen MR) is 103 cm³/mol. The Morgan fingerprint density at radius 1 is 1.08 bits per heavy atom. The molecule has 2 aromatic rings. The van der Waals surface area contributed by atoms with E-state index in [4.69, 9.17) is 11.6 Å². The SMILES string of the molecule is O=C(NCCc1ccccc1F)C1CCN(Cc2ccccc2Cl)CC1. The molecule has 0 atom stereocenters. The van der Waals surface area contributed by atoms with Crippen molar-refractivity contribution < 1.29 is 9.18 Å². The van der Waals surface area contributed by atoms with E-state index in [1.165, 1.54) is 6.07 Å². The van der Waals surface area contributed by atoms with Gasteiger partial charge in [-0.05, 0) is 55.6 Å². The minimum atomic E-state index is -0.213. The van der Waals surface area contributed by atoms with Crippen LogP contribution >= 0.6 is 11.6 Å². The molecular weight excluding hydrogens is 351 g/mol. The molecule has 1 amide bonds. The Morgan fingerprint density at radius 3 is 2.42 bits per heavy atom. The van der Waals surface area contributed by atoms with Crippen molar-refractivity contribution in [2.24, 2.45) is 5.92 Å². The van der Waals surface area contributed by atoms with Crippen molar-refractivity contribution in [2.75, 3.05) is 19.6 Å². The Balaban J connectivity index is 1.41. The molecule has 2 aromatic carbocycles. The van der Waals surface area contributed by atoms with Crippen LogP contribution in [0.25, 0.3) is 0 Å². The number of rotatable bonds is 6. The topological polar surface area (TPSA) is 32.3 Å². The first kappa shape index (κ1) is 18.9. The molecule has 26 heavy (non-hydrogen) atoms. The summed E-state index contributed by atoms with van der Waals surface area (Å²) in [6, 6.07) is 14.6. The molecule has 5 heteroatoms. The number of benzene rings is 2. The zero-order chi connectivity index (χ0) is 18.4. The fraction of sp³-hybridized carbons (Fsp3) is 0.381. The van der Waals surface area contributed by atoms with E-state index < -0.39 is 0 Å². The molecule has 0 bridgehead atoms. The number of nitrogens with one attached hydrogen (secondary N) is 1. The summed E-state index contributed by atoms with van der Waals surface area (Å²) in [6.07, 6.45) is 2.20. The van der Waals surface area contributed by atoms with Crippen molar-refractivity contribution in [3.8, 4) is 0 Å². The minimum Gasteiger partial charge on any atom is -0.356 e. The summed E-state index contributed by atoms with van der Waals surface area (Å²) in [6.45, 7) is 3.06. The lowest BCUT2D eigenvalue weighted by Crippen LogP contribution is -2.40. The number of piperidine rings is 1. The van der Waals surface area contributed by atoms with Gasteiger partial charge in [0.1, 0.15) is 5.82 Å². The maximum atomic E-state index is 13.6. The lowest BCUT2D eigenvalue weighted by molar-refractivity contribution is -0.126. The predicted octanol–water partition coefficient (Wildman–Crippen LogP) is 4.05. The number of carbonyl (C=O) groups excluding carboxylic acids is 1. The van der Waals surface area contributed by atoms with Crippen LogP contribution < -0.4 is 5.32 Å². The average Bonchev–Trinajstić information content (AvgIpc) is 2.66. The van der Waals surface area contributed by atoms with Crippen LogP contribution in [0.2, 0.25) is 5.02 Å². The summed E-state index contributed by atoms with van der Waals surface area (Å²) in [5.74, 6) is -0.0912. The summed E-state index contributed by atoms with van der Waals surface area (Å²) in [4.78, 5) is 14.7. The first-order valence-corrected chi connectivity index (χ1v) is 9.48. The van der Waals surface area contributed by atoms with E-state index in [-0.39, 0.29) is 17.6 Å². The molecule has 0 aliphatic carbocycles. The van der Waals surface area contributed by atoms with Crippen molar-refractivity contribution in [1.29, 1.82) is 0 Å². The summed E-state index contributed by atoms with van der Waals surface area (Å²) < 4.78 is 13.6. The number of halogens is 2. The van der Waals surface area contributed by atoms with Crippen LogP contribution in [0, 0.1) is 11.7 Å². The Hall–Kier alpha value is -1.91. The number of likely N-dealkylation sites (tertiary alicyclic amines) is 1. The quantitative estimate of drug-likeness (QED) is 0.827. The van der Waals surface area contributed by atoms with Gasteiger partial charge in [-0.2, -0.15) is 0 Å². The summed E-state index contributed by atoms with van der Waals surface area (Å²) in [7, 11) is 0. The first-order chi connectivity index (χ1) is 12.6. The molecule has 1 aliphatic rings. The van der Waals surface area contributed by atoms with Gasteiger partial charge in [-0.1, -0.05) is 48.0 Å². The van der Waals surface area contributed by atoms with E-state index in [2.05, 4.69) is 10.2 Å². The highest BCUT2D eigenvalue weighted by Crippen LogP contribution is 2.22. The number of nitrogens with zero attached hydrogens (tertiary/aromatic N) is 1. The van der Waals surface area contributed by atoms with Crippen molar-refractivity contribution in [3.05, 3.63) is 70.5 Å². The summed E-state index contributed by atoms with van der Waals surface area (Å²) in [5.41, 5.74) is 1.77. The van der Waals surface area contributed by atoms with Gasteiger partial charge in [0.05, 0.1) is 0 Å². The van der Waals surface area contributed by atoms with E-state index in [9.17, 15) is 9.18 Å². The van der Waals surface area contributed by atoms with E-state index in [1.54, 1.807) is 12.1 Å². The van der Waals surface area contributed by atoms with Crippen LogP contribution in [0.15, 0.2) is 48.5 Å². The third kappa shape index (κ3) is 5.05. The van der Waals surface area contributed by atoms with Crippen molar-refractivity contribution in [2.45, 2.75) is 25.8 Å². The van der Waals surface area contributed by atoms with Crippen LogP contribution in [0.5, 0.6) is 0 Å². The van der Waals surface area contributed by atoms with Gasteiger partial charge in [0.15, 0.2) is 0 Å². The van der Waals surface area contributed by atoms with Crippen LogP contribution in [-0.4, -0.2) is 30.4 Å². The van der Waals surface area contributed by atoms with Crippen LogP contribution in [0.3, 0.4) is 0 Å². The largest absolute Gasteiger partial charge is 0.356 e. The minimum absolute atomic E-state index is 0.0399. The molecule has 1 aliphatic heterocycles. The molecule has 0 radical (unpaired) electrons. The van der Waals surface area contributed by atoms with Gasteiger partial charge in [0.25, 0.3) is 0 Å². The van der Waals surface area contributed by atoms with Gasteiger partial charge in [0, 0.05) is 24.0 Å². The van der Waals surface area contributed by atoms with Crippen molar-refractivity contribution in [3.63, 3.8) is 0 Å². The first-order valence-electron chi connectivity index (χ1n) is 9.10. The summed E-state index contributed by atoms with van der Waals surface area (Å²) >= 11 is 6.22. The molecule has 3 nitrogen and oxygen atoms in total. The Labute approximate surface area is 159 Å². The normalized spacial score (nSPS) is 15.8. The standard InChI is InChI=1S/C21H24ClFN2O/c22-19-7-3-1-6-18(19)15-25-13-10-17(11-14-25)21(26)24-12-9-16-5-2-4-8-20(16)23/h1-8,17H,9-15H2,(H,24,26). The Bertz CT molecular complexity index is 744. The van der Waals surface area contributed by atoms with Gasteiger partial charge in [-0.3, -0.25) is 9.69 Å². The van der Waals surface area contributed by atoms with Crippen molar-refractivity contribution >= 4 is 17.5 Å².